The summed E-state index contributed by atoms with van der Waals surface area (Å²) in [4.78, 5) is 15.0. The largest absolute Gasteiger partial charge is 0.497 e. The molecule has 30 heavy (non-hydrogen) atoms. The first-order valence-corrected chi connectivity index (χ1v) is 10.4. The van der Waals surface area contributed by atoms with Crippen molar-refractivity contribution in [1.29, 1.82) is 0 Å². The van der Waals surface area contributed by atoms with Gasteiger partial charge >= 0.3 is 0 Å². The lowest BCUT2D eigenvalue weighted by Gasteiger charge is -2.35. The summed E-state index contributed by atoms with van der Waals surface area (Å²) in [5.41, 5.74) is 3.09. The highest BCUT2D eigenvalue weighted by atomic mass is 16.5. The van der Waals surface area contributed by atoms with Crippen LogP contribution in [-0.4, -0.2) is 41.3 Å². The van der Waals surface area contributed by atoms with E-state index in [0.717, 1.165) is 54.1 Å². The molecule has 1 aliphatic heterocycles. The maximum atomic E-state index is 13.0. The molecule has 0 saturated carbocycles. The number of ether oxygens (including phenoxy) is 2. The van der Waals surface area contributed by atoms with Gasteiger partial charge in [-0.15, -0.1) is 0 Å². The molecular formula is C24H27N3O3. The number of methoxy groups -OCH3 is 1. The van der Waals surface area contributed by atoms with E-state index >= 15 is 0 Å². The van der Waals surface area contributed by atoms with Crippen LogP contribution < -0.4 is 9.47 Å². The summed E-state index contributed by atoms with van der Waals surface area (Å²) >= 11 is 0. The monoisotopic (exact) mass is 405 g/mol. The molecule has 0 spiro atoms. The minimum atomic E-state index is 0.00239. The average molecular weight is 405 g/mol. The molecule has 0 bridgehead atoms. The molecule has 1 atom stereocenters. The van der Waals surface area contributed by atoms with E-state index in [1.165, 1.54) is 0 Å². The zero-order valence-corrected chi connectivity index (χ0v) is 17.2. The average Bonchev–Trinajstić information content (AvgIpc) is 3.29. The highest BCUT2D eigenvalue weighted by molar-refractivity contribution is 5.77. The molecule has 156 valence electrons. The molecule has 1 saturated heterocycles. The van der Waals surface area contributed by atoms with Crippen molar-refractivity contribution in [1.82, 2.24) is 15.1 Å². The lowest BCUT2D eigenvalue weighted by atomic mass is 9.94. The Morgan fingerprint density at radius 3 is 2.67 bits per heavy atom. The zero-order chi connectivity index (χ0) is 20.8. The van der Waals surface area contributed by atoms with Crippen LogP contribution in [0.25, 0.3) is 11.1 Å². The van der Waals surface area contributed by atoms with E-state index in [1.807, 2.05) is 65.7 Å². The van der Waals surface area contributed by atoms with Gasteiger partial charge in [-0.2, -0.15) is 5.10 Å². The molecule has 4 rings (SSSR count). The molecule has 3 aromatic rings. The summed E-state index contributed by atoms with van der Waals surface area (Å²) in [5.74, 6) is 1.72. The number of nitrogens with one attached hydrogen (secondary N) is 1. The fourth-order valence-electron chi connectivity index (χ4n) is 4.00. The number of carbonyl (C=O) groups is 1. The maximum Gasteiger partial charge on any atom is 0.226 e. The molecule has 0 aliphatic carbocycles. The van der Waals surface area contributed by atoms with E-state index in [4.69, 9.17) is 9.47 Å². The van der Waals surface area contributed by atoms with Crippen molar-refractivity contribution in [2.75, 3.05) is 20.3 Å². The van der Waals surface area contributed by atoms with Crippen LogP contribution in [0.5, 0.6) is 11.5 Å². The standard InChI is InChI=1S/C24H27N3O3/c1-29-19-12-10-18(11-13-19)21-17-25-26-24(21)22-9-5-6-15-27(22)23(28)14-16-30-20-7-3-2-4-8-20/h2-4,7-8,10-13,17,22H,5-6,9,14-16H2,1H3,(H,25,26)/t22-/m0/s1. The molecule has 1 fully saturated rings. The van der Waals surface area contributed by atoms with Crippen LogP contribution >= 0.6 is 0 Å². The van der Waals surface area contributed by atoms with Crippen LogP contribution in [0.1, 0.15) is 37.4 Å². The van der Waals surface area contributed by atoms with Crippen molar-refractivity contribution in [2.45, 2.75) is 31.7 Å². The Kier molecular flexibility index (Phi) is 6.32. The number of para-hydroxylation sites is 1. The SMILES string of the molecule is COc1ccc(-c2cn[nH]c2[C@@H]2CCCCN2C(=O)CCOc2ccccc2)cc1. The van der Waals surface area contributed by atoms with Crippen molar-refractivity contribution in [2.24, 2.45) is 0 Å². The Morgan fingerprint density at radius 2 is 1.90 bits per heavy atom. The summed E-state index contributed by atoms with van der Waals surface area (Å²) in [7, 11) is 1.66. The van der Waals surface area contributed by atoms with Crippen molar-refractivity contribution in [3.05, 3.63) is 66.5 Å². The fraction of sp³-hybridized carbons (Fsp3) is 0.333. The normalized spacial score (nSPS) is 16.3. The molecule has 6 heteroatoms. The third-order valence-electron chi connectivity index (χ3n) is 5.55. The molecule has 1 amide bonds. The van der Waals surface area contributed by atoms with Crippen LogP contribution in [0.4, 0.5) is 0 Å². The number of piperidine rings is 1. The van der Waals surface area contributed by atoms with Crippen molar-refractivity contribution >= 4 is 5.91 Å². The molecule has 1 N–H and O–H groups in total. The van der Waals surface area contributed by atoms with Crippen molar-refractivity contribution in [3.8, 4) is 22.6 Å². The van der Waals surface area contributed by atoms with Gasteiger partial charge in [-0.05, 0) is 49.1 Å². The first-order valence-electron chi connectivity index (χ1n) is 10.4. The molecule has 2 aromatic carbocycles. The van der Waals surface area contributed by atoms with Crippen molar-refractivity contribution in [3.63, 3.8) is 0 Å². The molecule has 1 aromatic heterocycles. The molecule has 0 radical (unpaired) electrons. The Balaban J connectivity index is 1.47. The molecular weight excluding hydrogens is 378 g/mol. The highest BCUT2D eigenvalue weighted by Crippen LogP contribution is 2.36. The number of carbonyl (C=O) groups excluding carboxylic acids is 1. The summed E-state index contributed by atoms with van der Waals surface area (Å²) in [5, 5.41) is 7.46. The number of rotatable bonds is 7. The second-order valence-electron chi connectivity index (χ2n) is 7.44. The lowest BCUT2D eigenvalue weighted by Crippen LogP contribution is -2.39. The predicted molar refractivity (Wildman–Crippen MR) is 115 cm³/mol. The Hall–Kier alpha value is -3.28. The van der Waals surface area contributed by atoms with Gasteiger partial charge in [0.15, 0.2) is 0 Å². The van der Waals surface area contributed by atoms with Gasteiger partial charge in [0.25, 0.3) is 0 Å². The first kappa shape index (κ1) is 20.0. The van der Waals surface area contributed by atoms with E-state index in [1.54, 1.807) is 7.11 Å². The van der Waals surface area contributed by atoms with E-state index in [9.17, 15) is 4.79 Å². The zero-order valence-electron chi connectivity index (χ0n) is 17.2. The van der Waals surface area contributed by atoms with Crippen LogP contribution in [-0.2, 0) is 4.79 Å². The number of benzene rings is 2. The van der Waals surface area contributed by atoms with Gasteiger partial charge in [-0.1, -0.05) is 30.3 Å². The van der Waals surface area contributed by atoms with Crippen LogP contribution in [0, 0.1) is 0 Å². The first-order chi connectivity index (χ1) is 14.8. The van der Waals surface area contributed by atoms with Crippen molar-refractivity contribution < 1.29 is 14.3 Å². The topological polar surface area (TPSA) is 67.5 Å². The quantitative estimate of drug-likeness (QED) is 0.623. The minimum Gasteiger partial charge on any atom is -0.497 e. The number of hydrogen-bond donors (Lipinski definition) is 1. The fourth-order valence-corrected chi connectivity index (χ4v) is 4.00. The number of nitrogens with zero attached hydrogens (tertiary/aromatic N) is 2. The molecule has 6 nitrogen and oxygen atoms in total. The molecule has 2 heterocycles. The predicted octanol–water partition coefficient (Wildman–Crippen LogP) is 4.61. The van der Waals surface area contributed by atoms with Gasteiger partial charge in [0.1, 0.15) is 11.5 Å². The molecule has 0 unspecified atom stereocenters. The van der Waals surface area contributed by atoms with Gasteiger partial charge in [-0.25, -0.2) is 0 Å². The number of H-pyrrole nitrogens is 1. The van der Waals surface area contributed by atoms with Gasteiger partial charge in [0.05, 0.1) is 38.1 Å². The summed E-state index contributed by atoms with van der Waals surface area (Å²) in [6, 6.07) is 17.5. The lowest BCUT2D eigenvalue weighted by molar-refractivity contribution is -0.135. The minimum absolute atomic E-state index is 0.00239. The summed E-state index contributed by atoms with van der Waals surface area (Å²) in [6.45, 7) is 1.14. The second-order valence-corrected chi connectivity index (χ2v) is 7.44. The Morgan fingerprint density at radius 1 is 1.10 bits per heavy atom. The third-order valence-corrected chi connectivity index (χ3v) is 5.55. The van der Waals surface area contributed by atoms with Crippen LogP contribution in [0.2, 0.25) is 0 Å². The molecule has 1 aliphatic rings. The number of likely N-dealkylation sites (tertiary alicyclic amines) is 1. The third kappa shape index (κ3) is 4.48. The van der Waals surface area contributed by atoms with E-state index in [0.29, 0.717) is 13.0 Å². The van der Waals surface area contributed by atoms with Crippen LogP contribution in [0.3, 0.4) is 0 Å². The maximum absolute atomic E-state index is 13.0. The Bertz CT molecular complexity index is 953. The van der Waals surface area contributed by atoms with Gasteiger partial charge in [0, 0.05) is 12.1 Å². The van der Waals surface area contributed by atoms with Gasteiger partial charge in [0.2, 0.25) is 5.91 Å². The smallest absolute Gasteiger partial charge is 0.226 e. The van der Waals surface area contributed by atoms with E-state index in [-0.39, 0.29) is 11.9 Å². The van der Waals surface area contributed by atoms with E-state index in [2.05, 4.69) is 10.2 Å². The number of hydrogen-bond acceptors (Lipinski definition) is 4. The number of aromatic amines is 1. The highest BCUT2D eigenvalue weighted by Gasteiger charge is 2.30. The van der Waals surface area contributed by atoms with Gasteiger partial charge in [-0.3, -0.25) is 9.89 Å². The summed E-state index contributed by atoms with van der Waals surface area (Å²) in [6.07, 6.45) is 5.24. The van der Waals surface area contributed by atoms with Crippen LogP contribution in [0.15, 0.2) is 60.8 Å². The number of aromatic nitrogens is 2. The summed E-state index contributed by atoms with van der Waals surface area (Å²) < 4.78 is 11.0. The Labute approximate surface area is 176 Å². The van der Waals surface area contributed by atoms with Gasteiger partial charge < -0.3 is 14.4 Å². The van der Waals surface area contributed by atoms with E-state index < -0.39 is 0 Å². The number of amides is 1. The second kappa shape index (κ2) is 9.48.